The summed E-state index contributed by atoms with van der Waals surface area (Å²) in [6.45, 7) is 0. The van der Waals surface area contributed by atoms with Gasteiger partial charge in [0.25, 0.3) is 0 Å². The number of rotatable bonds is 3. The second-order valence-corrected chi connectivity index (χ2v) is 6.01. The Hall–Kier alpha value is -0.380. The van der Waals surface area contributed by atoms with Gasteiger partial charge in [-0.2, -0.15) is 0 Å². The first kappa shape index (κ1) is 11.1. The van der Waals surface area contributed by atoms with E-state index in [-0.39, 0.29) is 0 Å². The first-order valence-corrected chi connectivity index (χ1v) is 7.44. The van der Waals surface area contributed by atoms with Crippen LogP contribution in [-0.2, 0) is 0 Å². The van der Waals surface area contributed by atoms with Crippen LogP contribution < -0.4 is 0 Å². The highest BCUT2D eigenvalue weighted by Gasteiger charge is 2.00. The zero-order chi connectivity index (χ0) is 10.5. The van der Waals surface area contributed by atoms with Crippen LogP contribution in [0.4, 0.5) is 0 Å². The van der Waals surface area contributed by atoms with Gasteiger partial charge in [0.15, 0.2) is 0 Å². The Balaban J connectivity index is 2.03. The van der Waals surface area contributed by atoms with Gasteiger partial charge in [-0.1, -0.05) is 51.9 Å². The summed E-state index contributed by atoms with van der Waals surface area (Å²) in [5.74, 6) is 0. The van der Waals surface area contributed by atoms with Gasteiger partial charge in [-0.15, -0.1) is 0 Å². The maximum absolute atomic E-state index is 3.54. The Labute approximate surface area is 106 Å². The number of halogens is 1. The van der Waals surface area contributed by atoms with Crippen molar-refractivity contribution in [1.29, 1.82) is 0 Å². The molecule has 3 heteroatoms. The van der Waals surface area contributed by atoms with Gasteiger partial charge < -0.3 is 0 Å². The zero-order valence-electron chi connectivity index (χ0n) is 7.89. The fourth-order valence-electron chi connectivity index (χ4n) is 1.08. The molecule has 0 fully saturated rings. The number of hydrogen-bond donors (Lipinski definition) is 0. The fraction of sp³-hybridized carbons (Fsp3) is 0. The third-order valence-electron chi connectivity index (χ3n) is 1.81. The number of hydrogen-bond acceptors (Lipinski definition) is 2. The van der Waals surface area contributed by atoms with Gasteiger partial charge in [-0.25, -0.2) is 0 Å². The lowest BCUT2D eigenvalue weighted by molar-refractivity contribution is 1.42. The van der Waals surface area contributed by atoms with Crippen LogP contribution in [0.5, 0.6) is 0 Å². The van der Waals surface area contributed by atoms with E-state index in [1.54, 1.807) is 21.6 Å². The van der Waals surface area contributed by atoms with E-state index >= 15 is 0 Å². The van der Waals surface area contributed by atoms with Gasteiger partial charge in [-0.05, 0) is 40.2 Å². The first-order valence-electron chi connectivity index (χ1n) is 4.50. The standard InChI is InChI=1S/C12H9BrS2/c13-11-8-4-5-9-12(11)15-14-10-6-2-1-3-7-10/h1-9H. The van der Waals surface area contributed by atoms with E-state index in [2.05, 4.69) is 58.4 Å². The summed E-state index contributed by atoms with van der Waals surface area (Å²) < 4.78 is 1.15. The monoisotopic (exact) mass is 296 g/mol. The molecule has 2 aromatic rings. The third-order valence-corrected chi connectivity index (χ3v) is 5.21. The molecule has 0 spiro atoms. The molecule has 0 bridgehead atoms. The van der Waals surface area contributed by atoms with E-state index in [1.807, 2.05) is 12.1 Å². The van der Waals surface area contributed by atoms with Crippen molar-refractivity contribution in [2.45, 2.75) is 9.79 Å². The third kappa shape index (κ3) is 3.30. The van der Waals surface area contributed by atoms with Crippen molar-refractivity contribution in [1.82, 2.24) is 0 Å². The Bertz CT molecular complexity index is 429. The van der Waals surface area contributed by atoms with Crippen molar-refractivity contribution in [3.63, 3.8) is 0 Å². The molecular weight excluding hydrogens is 288 g/mol. The lowest BCUT2D eigenvalue weighted by Gasteiger charge is -2.02. The molecule has 2 rings (SSSR count). The SMILES string of the molecule is Brc1ccccc1SSc1ccccc1. The van der Waals surface area contributed by atoms with E-state index < -0.39 is 0 Å². The Morgan fingerprint density at radius 2 is 1.40 bits per heavy atom. The van der Waals surface area contributed by atoms with Crippen LogP contribution in [-0.4, -0.2) is 0 Å². The molecule has 0 saturated heterocycles. The van der Waals surface area contributed by atoms with Crippen molar-refractivity contribution >= 4 is 37.5 Å². The summed E-state index contributed by atoms with van der Waals surface area (Å²) in [4.78, 5) is 2.53. The maximum atomic E-state index is 3.54. The Morgan fingerprint density at radius 1 is 0.733 bits per heavy atom. The minimum Gasteiger partial charge on any atom is -0.0622 e. The minimum atomic E-state index is 1.15. The van der Waals surface area contributed by atoms with Crippen LogP contribution >= 0.6 is 37.5 Å². The van der Waals surface area contributed by atoms with Gasteiger partial charge in [0, 0.05) is 14.3 Å². The van der Waals surface area contributed by atoms with Gasteiger partial charge in [-0.3, -0.25) is 0 Å². The summed E-state index contributed by atoms with van der Waals surface area (Å²) >= 11 is 3.54. The molecular formula is C12H9BrS2. The number of benzene rings is 2. The Morgan fingerprint density at radius 3 is 2.13 bits per heavy atom. The maximum Gasteiger partial charge on any atom is 0.0328 e. The highest BCUT2D eigenvalue weighted by atomic mass is 79.9. The average Bonchev–Trinajstić information content (AvgIpc) is 2.29. The molecule has 2 aromatic carbocycles. The van der Waals surface area contributed by atoms with Gasteiger partial charge in [0.05, 0.1) is 0 Å². The molecule has 0 N–H and O–H groups in total. The molecule has 0 aliphatic carbocycles. The van der Waals surface area contributed by atoms with Crippen molar-refractivity contribution in [2.75, 3.05) is 0 Å². The van der Waals surface area contributed by atoms with Gasteiger partial charge in [0.1, 0.15) is 0 Å². The highest BCUT2D eigenvalue weighted by molar-refractivity contribution is 9.10. The minimum absolute atomic E-state index is 1.15. The molecule has 0 saturated carbocycles. The summed E-state index contributed by atoms with van der Waals surface area (Å²) in [5, 5.41) is 0. The molecule has 0 nitrogen and oxygen atoms in total. The molecule has 0 amide bonds. The van der Waals surface area contributed by atoms with Crippen molar-refractivity contribution in [2.24, 2.45) is 0 Å². The largest absolute Gasteiger partial charge is 0.0622 e. The van der Waals surface area contributed by atoms with Gasteiger partial charge in [0.2, 0.25) is 0 Å². The molecule has 15 heavy (non-hydrogen) atoms. The predicted molar refractivity (Wildman–Crippen MR) is 72.3 cm³/mol. The summed E-state index contributed by atoms with van der Waals surface area (Å²) in [6.07, 6.45) is 0. The molecule has 0 heterocycles. The average molecular weight is 297 g/mol. The molecule has 0 atom stereocenters. The zero-order valence-corrected chi connectivity index (χ0v) is 11.1. The van der Waals surface area contributed by atoms with Crippen molar-refractivity contribution in [3.05, 3.63) is 59.1 Å². The molecule has 0 aliphatic heterocycles. The van der Waals surface area contributed by atoms with Crippen LogP contribution in [0.15, 0.2) is 68.9 Å². The molecule has 0 radical (unpaired) electrons. The van der Waals surface area contributed by atoms with Crippen LogP contribution in [0.3, 0.4) is 0 Å². The van der Waals surface area contributed by atoms with Crippen LogP contribution in [0.1, 0.15) is 0 Å². The molecule has 76 valence electrons. The van der Waals surface area contributed by atoms with E-state index in [0.717, 1.165) is 4.47 Å². The van der Waals surface area contributed by atoms with E-state index in [4.69, 9.17) is 0 Å². The highest BCUT2D eigenvalue weighted by Crippen LogP contribution is 2.40. The first-order chi connectivity index (χ1) is 7.36. The van der Waals surface area contributed by atoms with E-state index in [0.29, 0.717) is 0 Å². The molecule has 0 aliphatic rings. The van der Waals surface area contributed by atoms with Crippen molar-refractivity contribution < 1.29 is 0 Å². The second kappa shape index (κ2) is 5.64. The lowest BCUT2D eigenvalue weighted by atomic mass is 10.4. The normalized spacial score (nSPS) is 10.2. The molecule has 0 unspecified atom stereocenters. The van der Waals surface area contributed by atoms with Crippen molar-refractivity contribution in [3.8, 4) is 0 Å². The predicted octanol–water partition coefficient (Wildman–Crippen LogP) is 5.25. The smallest absolute Gasteiger partial charge is 0.0328 e. The van der Waals surface area contributed by atoms with Crippen LogP contribution in [0.2, 0.25) is 0 Å². The lowest BCUT2D eigenvalue weighted by Crippen LogP contribution is -1.70. The van der Waals surface area contributed by atoms with Gasteiger partial charge >= 0.3 is 0 Å². The quantitative estimate of drug-likeness (QED) is 0.710. The summed E-state index contributed by atoms with van der Waals surface area (Å²) in [5.41, 5.74) is 0. The topological polar surface area (TPSA) is 0 Å². The fourth-order valence-corrected chi connectivity index (χ4v) is 3.99. The van der Waals surface area contributed by atoms with Crippen LogP contribution in [0.25, 0.3) is 0 Å². The summed E-state index contributed by atoms with van der Waals surface area (Å²) in [7, 11) is 3.54. The van der Waals surface area contributed by atoms with E-state index in [9.17, 15) is 0 Å². The summed E-state index contributed by atoms with van der Waals surface area (Å²) in [6, 6.07) is 18.7. The molecule has 0 aromatic heterocycles. The van der Waals surface area contributed by atoms with Crippen LogP contribution in [0, 0.1) is 0 Å². The van der Waals surface area contributed by atoms with E-state index in [1.165, 1.54) is 9.79 Å². The second-order valence-electron chi connectivity index (χ2n) is 2.91. The Kier molecular flexibility index (Phi) is 4.18.